The normalized spacial score (nSPS) is 16.8. The highest BCUT2D eigenvalue weighted by Gasteiger charge is 2.17. The van der Waals surface area contributed by atoms with Crippen molar-refractivity contribution in [2.75, 3.05) is 19.8 Å². The molecule has 1 aliphatic heterocycles. The van der Waals surface area contributed by atoms with Gasteiger partial charge in [0.15, 0.2) is 0 Å². The smallest absolute Gasteiger partial charge is 0.125 e. The lowest BCUT2D eigenvalue weighted by molar-refractivity contribution is 0.0250. The molecule has 0 unspecified atom stereocenters. The van der Waals surface area contributed by atoms with Gasteiger partial charge in [0.05, 0.1) is 13.2 Å². The largest absolute Gasteiger partial charge is 0.490 e. The van der Waals surface area contributed by atoms with Gasteiger partial charge in [0.2, 0.25) is 0 Å². The fraction of sp³-hybridized carbons (Fsp3) is 0.600. The molecule has 1 fully saturated rings. The highest BCUT2D eigenvalue weighted by molar-refractivity contribution is 5.43. The number of hydrogen-bond donors (Lipinski definition) is 1. The van der Waals surface area contributed by atoms with Crippen LogP contribution in [0.5, 0.6) is 5.75 Å². The third-order valence-electron chi connectivity index (χ3n) is 3.41. The molecule has 100 valence electrons. The maximum Gasteiger partial charge on any atom is 0.125 e. The Morgan fingerprint density at radius 2 is 1.83 bits per heavy atom. The summed E-state index contributed by atoms with van der Waals surface area (Å²) in [7, 11) is 0. The quantitative estimate of drug-likeness (QED) is 0.891. The lowest BCUT2D eigenvalue weighted by Crippen LogP contribution is -2.26. The van der Waals surface area contributed by atoms with E-state index in [0.717, 1.165) is 38.2 Å². The summed E-state index contributed by atoms with van der Waals surface area (Å²) in [6.45, 7) is 6.55. The van der Waals surface area contributed by atoms with Crippen LogP contribution < -0.4 is 10.5 Å². The number of nitrogens with two attached hydrogens (primary N) is 1. The molecule has 0 bridgehead atoms. The van der Waals surface area contributed by atoms with E-state index in [1.165, 1.54) is 16.7 Å². The zero-order valence-corrected chi connectivity index (χ0v) is 11.4. The molecule has 0 aliphatic carbocycles. The fourth-order valence-corrected chi connectivity index (χ4v) is 2.50. The van der Waals surface area contributed by atoms with Crippen molar-refractivity contribution in [2.24, 2.45) is 5.73 Å². The van der Waals surface area contributed by atoms with Crippen LogP contribution in [0.25, 0.3) is 0 Å². The van der Waals surface area contributed by atoms with Gasteiger partial charge < -0.3 is 15.2 Å². The molecule has 18 heavy (non-hydrogen) atoms. The van der Waals surface area contributed by atoms with Gasteiger partial charge in [-0.1, -0.05) is 12.1 Å². The Morgan fingerprint density at radius 3 is 2.39 bits per heavy atom. The average Bonchev–Trinajstić information content (AvgIpc) is 2.36. The summed E-state index contributed by atoms with van der Waals surface area (Å²) in [5.74, 6) is 1.04. The molecule has 1 aromatic carbocycles. The summed E-state index contributed by atoms with van der Waals surface area (Å²) in [6.07, 6.45) is 3.21. The van der Waals surface area contributed by atoms with Crippen LogP contribution in [0.4, 0.5) is 0 Å². The van der Waals surface area contributed by atoms with Gasteiger partial charge in [-0.15, -0.1) is 0 Å². The monoisotopic (exact) mass is 249 g/mol. The van der Waals surface area contributed by atoms with Crippen LogP contribution >= 0.6 is 0 Å². The van der Waals surface area contributed by atoms with Gasteiger partial charge >= 0.3 is 0 Å². The Hall–Kier alpha value is -1.06. The molecule has 1 aromatic rings. The third kappa shape index (κ3) is 3.24. The molecule has 0 saturated carbocycles. The summed E-state index contributed by atoms with van der Waals surface area (Å²) in [6, 6.07) is 4.38. The van der Waals surface area contributed by atoms with Gasteiger partial charge in [0.25, 0.3) is 0 Å². The number of ether oxygens (including phenoxy) is 2. The van der Waals surface area contributed by atoms with Crippen molar-refractivity contribution in [3.63, 3.8) is 0 Å². The van der Waals surface area contributed by atoms with Crippen molar-refractivity contribution in [3.8, 4) is 5.75 Å². The molecule has 0 atom stereocenters. The molecule has 0 amide bonds. The van der Waals surface area contributed by atoms with E-state index >= 15 is 0 Å². The number of benzene rings is 1. The Kier molecular flexibility index (Phi) is 4.61. The zero-order valence-electron chi connectivity index (χ0n) is 11.4. The van der Waals surface area contributed by atoms with Gasteiger partial charge in [0, 0.05) is 12.8 Å². The van der Waals surface area contributed by atoms with Crippen LogP contribution in [-0.2, 0) is 11.2 Å². The molecule has 3 nitrogen and oxygen atoms in total. The van der Waals surface area contributed by atoms with E-state index in [9.17, 15) is 0 Å². The molecular formula is C15H23NO2. The average molecular weight is 249 g/mol. The molecule has 0 aromatic heterocycles. The Bertz CT molecular complexity index is 374. The van der Waals surface area contributed by atoms with Gasteiger partial charge in [-0.3, -0.25) is 0 Å². The minimum Gasteiger partial charge on any atom is -0.490 e. The van der Waals surface area contributed by atoms with E-state index in [1.54, 1.807) is 0 Å². The SMILES string of the molecule is Cc1cc(CCN)cc(C)c1OC1CCOCC1. The summed E-state index contributed by atoms with van der Waals surface area (Å²) in [5.41, 5.74) is 9.33. The number of aryl methyl sites for hydroxylation is 2. The van der Waals surface area contributed by atoms with E-state index in [0.29, 0.717) is 12.6 Å². The van der Waals surface area contributed by atoms with Crippen LogP contribution in [0, 0.1) is 13.8 Å². The van der Waals surface area contributed by atoms with Crippen LogP contribution in [0.2, 0.25) is 0 Å². The molecule has 1 saturated heterocycles. The summed E-state index contributed by atoms with van der Waals surface area (Å²) < 4.78 is 11.5. The highest BCUT2D eigenvalue weighted by Crippen LogP contribution is 2.27. The molecule has 2 rings (SSSR count). The first-order valence-electron chi connectivity index (χ1n) is 6.75. The van der Waals surface area contributed by atoms with Crippen LogP contribution in [-0.4, -0.2) is 25.9 Å². The van der Waals surface area contributed by atoms with Crippen LogP contribution in [0.15, 0.2) is 12.1 Å². The van der Waals surface area contributed by atoms with Crippen molar-refractivity contribution < 1.29 is 9.47 Å². The third-order valence-corrected chi connectivity index (χ3v) is 3.41. The molecule has 3 heteroatoms. The molecule has 1 aliphatic rings. The molecule has 2 N–H and O–H groups in total. The lowest BCUT2D eigenvalue weighted by atomic mass is 10.0. The van der Waals surface area contributed by atoms with Crippen molar-refractivity contribution in [2.45, 2.75) is 39.2 Å². The Labute approximate surface area is 109 Å². The van der Waals surface area contributed by atoms with E-state index < -0.39 is 0 Å². The summed E-state index contributed by atoms with van der Waals surface area (Å²) >= 11 is 0. The van der Waals surface area contributed by atoms with Gasteiger partial charge in [0.1, 0.15) is 11.9 Å². The molecular weight excluding hydrogens is 226 g/mol. The first-order chi connectivity index (χ1) is 8.70. The lowest BCUT2D eigenvalue weighted by Gasteiger charge is -2.25. The Balaban J connectivity index is 2.11. The number of rotatable bonds is 4. The van der Waals surface area contributed by atoms with Crippen molar-refractivity contribution in [1.29, 1.82) is 0 Å². The maximum absolute atomic E-state index is 6.14. The highest BCUT2D eigenvalue weighted by atomic mass is 16.5. The van der Waals surface area contributed by atoms with E-state index in [-0.39, 0.29) is 0 Å². The van der Waals surface area contributed by atoms with Gasteiger partial charge in [-0.2, -0.15) is 0 Å². The van der Waals surface area contributed by atoms with Crippen LogP contribution in [0.3, 0.4) is 0 Å². The molecule has 0 spiro atoms. The van der Waals surface area contributed by atoms with Gasteiger partial charge in [-0.25, -0.2) is 0 Å². The minimum absolute atomic E-state index is 0.302. The standard InChI is InChI=1S/C15H23NO2/c1-11-9-13(3-6-16)10-12(2)15(11)18-14-4-7-17-8-5-14/h9-10,14H,3-8,16H2,1-2H3. The zero-order chi connectivity index (χ0) is 13.0. The maximum atomic E-state index is 6.14. The van der Waals surface area contributed by atoms with Crippen molar-refractivity contribution in [1.82, 2.24) is 0 Å². The second kappa shape index (κ2) is 6.21. The first-order valence-corrected chi connectivity index (χ1v) is 6.75. The van der Waals surface area contributed by atoms with E-state index in [2.05, 4.69) is 26.0 Å². The second-order valence-electron chi connectivity index (χ2n) is 5.03. The molecule has 1 heterocycles. The first kappa shape index (κ1) is 13.4. The van der Waals surface area contributed by atoms with Crippen molar-refractivity contribution >= 4 is 0 Å². The molecule has 0 radical (unpaired) electrons. The predicted molar refractivity (Wildman–Crippen MR) is 73.1 cm³/mol. The number of hydrogen-bond acceptors (Lipinski definition) is 3. The van der Waals surface area contributed by atoms with Crippen molar-refractivity contribution in [3.05, 3.63) is 28.8 Å². The minimum atomic E-state index is 0.302. The predicted octanol–water partition coefficient (Wildman–Crippen LogP) is 2.36. The Morgan fingerprint density at radius 1 is 1.22 bits per heavy atom. The van der Waals surface area contributed by atoms with Crippen LogP contribution in [0.1, 0.15) is 29.5 Å². The van der Waals surface area contributed by atoms with E-state index in [1.807, 2.05) is 0 Å². The fourth-order valence-electron chi connectivity index (χ4n) is 2.50. The van der Waals surface area contributed by atoms with Gasteiger partial charge in [-0.05, 0) is 43.5 Å². The second-order valence-corrected chi connectivity index (χ2v) is 5.03. The summed E-state index contributed by atoms with van der Waals surface area (Å²) in [4.78, 5) is 0. The van der Waals surface area contributed by atoms with E-state index in [4.69, 9.17) is 15.2 Å². The summed E-state index contributed by atoms with van der Waals surface area (Å²) in [5, 5.41) is 0. The topological polar surface area (TPSA) is 44.5 Å².